The number of anilines is 1. The van der Waals surface area contributed by atoms with Crippen molar-refractivity contribution in [3.05, 3.63) is 42.6 Å². The highest BCUT2D eigenvalue weighted by atomic mass is 19.1. The minimum absolute atomic E-state index is 0.0403. The van der Waals surface area contributed by atoms with Crippen LogP contribution in [0.1, 0.15) is 0 Å². The summed E-state index contributed by atoms with van der Waals surface area (Å²) in [5, 5.41) is 0. The van der Waals surface area contributed by atoms with E-state index in [2.05, 4.69) is 15.0 Å². The molecular weight excluding hydrogens is 221 g/mol. The van der Waals surface area contributed by atoms with Gasteiger partial charge in [0.2, 0.25) is 5.95 Å². The quantitative estimate of drug-likeness (QED) is 0.686. The molecule has 0 aromatic carbocycles. The van der Waals surface area contributed by atoms with Crippen LogP contribution in [-0.4, -0.2) is 19.4 Å². The van der Waals surface area contributed by atoms with Gasteiger partial charge < -0.3 is 5.73 Å². The fourth-order valence-electron chi connectivity index (χ4n) is 1.70. The number of halogens is 1. The first-order chi connectivity index (χ1) is 8.25. The molecule has 3 aromatic rings. The maximum Gasteiger partial charge on any atom is 0.220 e. The molecule has 0 aliphatic heterocycles. The highest BCUT2D eigenvalue weighted by Crippen LogP contribution is 2.21. The third kappa shape index (κ3) is 1.50. The van der Waals surface area contributed by atoms with Crippen molar-refractivity contribution in [2.75, 3.05) is 5.73 Å². The van der Waals surface area contributed by atoms with Crippen LogP contribution in [0.5, 0.6) is 0 Å². The van der Waals surface area contributed by atoms with E-state index in [1.807, 2.05) is 6.07 Å². The van der Waals surface area contributed by atoms with E-state index >= 15 is 0 Å². The van der Waals surface area contributed by atoms with E-state index in [-0.39, 0.29) is 11.6 Å². The molecule has 17 heavy (non-hydrogen) atoms. The van der Waals surface area contributed by atoms with Crippen molar-refractivity contribution in [3.8, 4) is 11.4 Å². The molecule has 0 aliphatic rings. The van der Waals surface area contributed by atoms with Crippen molar-refractivity contribution < 1.29 is 4.39 Å². The molecule has 0 saturated heterocycles. The van der Waals surface area contributed by atoms with Gasteiger partial charge in [-0.15, -0.1) is 0 Å². The van der Waals surface area contributed by atoms with Crippen LogP contribution < -0.4 is 5.73 Å². The van der Waals surface area contributed by atoms with Crippen molar-refractivity contribution in [1.29, 1.82) is 0 Å². The van der Waals surface area contributed by atoms with Gasteiger partial charge in [-0.2, -0.15) is 0 Å². The van der Waals surface area contributed by atoms with Crippen molar-refractivity contribution in [2.45, 2.75) is 0 Å². The molecule has 84 valence electrons. The number of nitrogen functional groups attached to an aromatic ring is 1. The smallest absolute Gasteiger partial charge is 0.220 e. The SMILES string of the molecule is Nc1ncc(F)c(-c2cccc3nccn23)n1. The topological polar surface area (TPSA) is 69.1 Å². The number of pyridine rings is 1. The van der Waals surface area contributed by atoms with Gasteiger partial charge in [0.1, 0.15) is 11.3 Å². The second-order valence-electron chi connectivity index (χ2n) is 3.49. The summed E-state index contributed by atoms with van der Waals surface area (Å²) in [6, 6.07) is 5.36. The van der Waals surface area contributed by atoms with E-state index in [0.717, 1.165) is 11.8 Å². The molecule has 3 rings (SSSR count). The number of rotatable bonds is 1. The summed E-state index contributed by atoms with van der Waals surface area (Å²) >= 11 is 0. The molecule has 0 radical (unpaired) electrons. The minimum Gasteiger partial charge on any atom is -0.368 e. The summed E-state index contributed by atoms with van der Waals surface area (Å²) in [4.78, 5) is 11.6. The molecule has 0 spiro atoms. The van der Waals surface area contributed by atoms with Crippen LogP contribution in [0.15, 0.2) is 36.8 Å². The number of nitrogens with two attached hydrogens (primary N) is 1. The van der Waals surface area contributed by atoms with E-state index in [4.69, 9.17) is 5.73 Å². The van der Waals surface area contributed by atoms with Crippen LogP contribution in [0.3, 0.4) is 0 Å². The average Bonchev–Trinajstić information content (AvgIpc) is 2.80. The van der Waals surface area contributed by atoms with Gasteiger partial charge in [0.05, 0.1) is 11.9 Å². The van der Waals surface area contributed by atoms with E-state index in [9.17, 15) is 4.39 Å². The zero-order chi connectivity index (χ0) is 11.8. The maximum absolute atomic E-state index is 13.7. The average molecular weight is 229 g/mol. The fourth-order valence-corrected chi connectivity index (χ4v) is 1.70. The summed E-state index contributed by atoms with van der Waals surface area (Å²) in [7, 11) is 0. The molecule has 0 aliphatic carbocycles. The Morgan fingerprint density at radius 3 is 3.00 bits per heavy atom. The molecule has 5 nitrogen and oxygen atoms in total. The highest BCUT2D eigenvalue weighted by molar-refractivity contribution is 5.61. The van der Waals surface area contributed by atoms with Crippen molar-refractivity contribution in [2.24, 2.45) is 0 Å². The summed E-state index contributed by atoms with van der Waals surface area (Å²) in [6.45, 7) is 0. The van der Waals surface area contributed by atoms with Crippen molar-refractivity contribution >= 4 is 11.6 Å². The zero-order valence-electron chi connectivity index (χ0n) is 8.71. The van der Waals surface area contributed by atoms with Crippen LogP contribution in [0.2, 0.25) is 0 Å². The monoisotopic (exact) mass is 229 g/mol. The van der Waals surface area contributed by atoms with Gasteiger partial charge in [0.15, 0.2) is 5.82 Å². The minimum atomic E-state index is -0.514. The molecule has 0 bridgehead atoms. The normalized spacial score (nSPS) is 10.9. The van der Waals surface area contributed by atoms with Crippen molar-refractivity contribution in [1.82, 2.24) is 19.4 Å². The summed E-state index contributed by atoms with van der Waals surface area (Å²) in [5.41, 5.74) is 6.95. The molecule has 0 atom stereocenters. The fraction of sp³-hybridized carbons (Fsp3) is 0. The molecule has 0 unspecified atom stereocenters. The molecular formula is C11H8FN5. The van der Waals surface area contributed by atoms with E-state index in [1.54, 1.807) is 28.9 Å². The largest absolute Gasteiger partial charge is 0.368 e. The van der Waals surface area contributed by atoms with Crippen molar-refractivity contribution in [3.63, 3.8) is 0 Å². The van der Waals surface area contributed by atoms with Gasteiger partial charge >= 0.3 is 0 Å². The standard InChI is InChI=1S/C11H8FN5/c12-7-6-15-11(13)16-10(7)8-2-1-3-9-14-4-5-17(8)9/h1-6H,(H2,13,15,16). The third-order valence-corrected chi connectivity index (χ3v) is 2.43. The van der Waals surface area contributed by atoms with Crippen LogP contribution in [0, 0.1) is 5.82 Å². The number of imidazole rings is 1. The van der Waals surface area contributed by atoms with Crippen LogP contribution in [0.25, 0.3) is 17.0 Å². The number of nitrogens with zero attached hydrogens (tertiary/aromatic N) is 4. The number of hydrogen-bond donors (Lipinski definition) is 1. The molecule has 0 fully saturated rings. The number of aromatic nitrogens is 4. The van der Waals surface area contributed by atoms with Gasteiger partial charge in [-0.05, 0) is 12.1 Å². The molecule has 3 aromatic heterocycles. The lowest BCUT2D eigenvalue weighted by Gasteiger charge is -2.05. The summed E-state index contributed by atoms with van der Waals surface area (Å²) in [5.74, 6) is -0.473. The van der Waals surface area contributed by atoms with Gasteiger partial charge in [-0.25, -0.2) is 19.3 Å². The Morgan fingerprint density at radius 2 is 2.12 bits per heavy atom. The van der Waals surface area contributed by atoms with E-state index < -0.39 is 5.82 Å². The lowest BCUT2D eigenvalue weighted by molar-refractivity contribution is 0.618. The second kappa shape index (κ2) is 3.51. The Bertz CT molecular complexity index is 691. The van der Waals surface area contributed by atoms with Crippen LogP contribution >= 0.6 is 0 Å². The first-order valence-electron chi connectivity index (χ1n) is 4.96. The van der Waals surface area contributed by atoms with Gasteiger partial charge in [-0.1, -0.05) is 6.07 Å². The van der Waals surface area contributed by atoms with E-state index in [1.165, 1.54) is 0 Å². The van der Waals surface area contributed by atoms with E-state index in [0.29, 0.717) is 5.69 Å². The molecule has 6 heteroatoms. The Kier molecular flexibility index (Phi) is 2.01. The highest BCUT2D eigenvalue weighted by Gasteiger charge is 2.11. The lowest BCUT2D eigenvalue weighted by atomic mass is 10.2. The van der Waals surface area contributed by atoms with Gasteiger partial charge in [0, 0.05) is 12.4 Å². The van der Waals surface area contributed by atoms with Crippen LogP contribution in [0.4, 0.5) is 10.3 Å². The van der Waals surface area contributed by atoms with Gasteiger partial charge in [-0.3, -0.25) is 4.40 Å². The Morgan fingerprint density at radius 1 is 1.24 bits per heavy atom. The lowest BCUT2D eigenvalue weighted by Crippen LogP contribution is -2.01. The maximum atomic E-state index is 13.7. The Balaban J connectivity index is 2.34. The zero-order valence-corrected chi connectivity index (χ0v) is 8.71. The number of fused-ring (bicyclic) bond motifs is 1. The molecule has 0 saturated carbocycles. The first kappa shape index (κ1) is 9.71. The Labute approximate surface area is 95.8 Å². The van der Waals surface area contributed by atoms with Gasteiger partial charge in [0.25, 0.3) is 0 Å². The predicted molar refractivity (Wildman–Crippen MR) is 60.6 cm³/mol. The first-order valence-corrected chi connectivity index (χ1v) is 4.96. The second-order valence-corrected chi connectivity index (χ2v) is 3.49. The molecule has 3 heterocycles. The number of hydrogen-bond acceptors (Lipinski definition) is 4. The van der Waals surface area contributed by atoms with Crippen LogP contribution in [-0.2, 0) is 0 Å². The molecule has 0 amide bonds. The Hall–Kier alpha value is -2.50. The summed E-state index contributed by atoms with van der Waals surface area (Å²) < 4.78 is 15.4. The summed E-state index contributed by atoms with van der Waals surface area (Å²) in [6.07, 6.45) is 4.44. The third-order valence-electron chi connectivity index (χ3n) is 2.43. The predicted octanol–water partition coefficient (Wildman–Crippen LogP) is 1.51. The molecule has 2 N–H and O–H groups in total.